The lowest BCUT2D eigenvalue weighted by Crippen LogP contribution is -2.38. The topological polar surface area (TPSA) is 114 Å². The number of nitro groups is 1. The van der Waals surface area contributed by atoms with Crippen molar-refractivity contribution in [3.05, 3.63) is 28.0 Å². The Balaban J connectivity index is 2.45. The standard InChI is InChI=1S/C13H16N2O6/c1-2-14-10(16)5-3-4-8(13(17)18)12(14)9-6-7-11(21-9)15(19)20/h6-8,12H,2-5H2,1H3,(H,17,18). The molecule has 21 heavy (non-hydrogen) atoms. The largest absolute Gasteiger partial charge is 0.481 e. The van der Waals surface area contributed by atoms with E-state index in [0.29, 0.717) is 19.4 Å². The molecular formula is C13H16N2O6. The molecule has 0 aliphatic carbocycles. The first kappa shape index (κ1) is 15.0. The molecule has 2 unspecified atom stereocenters. The first-order valence-electron chi connectivity index (χ1n) is 6.72. The molecule has 8 heteroatoms. The molecule has 1 aliphatic heterocycles. The van der Waals surface area contributed by atoms with Gasteiger partial charge in [0.15, 0.2) is 0 Å². The van der Waals surface area contributed by atoms with Gasteiger partial charge in [0.05, 0.1) is 12.0 Å². The van der Waals surface area contributed by atoms with Crippen molar-refractivity contribution in [2.45, 2.75) is 32.2 Å². The van der Waals surface area contributed by atoms with Crippen molar-refractivity contribution in [2.24, 2.45) is 5.92 Å². The smallest absolute Gasteiger partial charge is 0.433 e. The number of nitrogens with zero attached hydrogens (tertiary/aromatic N) is 2. The van der Waals surface area contributed by atoms with Crippen molar-refractivity contribution in [1.82, 2.24) is 4.90 Å². The first-order chi connectivity index (χ1) is 9.95. The zero-order chi connectivity index (χ0) is 15.6. The van der Waals surface area contributed by atoms with Crippen molar-refractivity contribution in [1.29, 1.82) is 0 Å². The summed E-state index contributed by atoms with van der Waals surface area (Å²) in [7, 11) is 0. The second kappa shape index (κ2) is 5.94. The molecule has 1 saturated heterocycles. The van der Waals surface area contributed by atoms with Gasteiger partial charge in [-0.1, -0.05) is 0 Å². The van der Waals surface area contributed by atoms with Crippen LogP contribution in [0.3, 0.4) is 0 Å². The third kappa shape index (κ3) is 2.88. The fourth-order valence-corrected chi connectivity index (χ4v) is 2.73. The minimum absolute atomic E-state index is 0.145. The van der Waals surface area contributed by atoms with Crippen LogP contribution < -0.4 is 0 Å². The van der Waals surface area contributed by atoms with E-state index in [-0.39, 0.29) is 18.1 Å². The Morgan fingerprint density at radius 2 is 2.29 bits per heavy atom. The molecule has 8 nitrogen and oxygen atoms in total. The Morgan fingerprint density at radius 3 is 2.81 bits per heavy atom. The van der Waals surface area contributed by atoms with E-state index < -0.39 is 28.7 Å². The SMILES string of the molecule is CCN1C(=O)CCCC(C(=O)O)C1c1ccc([N+](=O)[O-])o1. The number of carbonyl (C=O) groups excluding carboxylic acids is 1. The minimum Gasteiger partial charge on any atom is -0.481 e. The van der Waals surface area contributed by atoms with Gasteiger partial charge < -0.3 is 14.4 Å². The Kier molecular flexibility index (Phi) is 4.25. The van der Waals surface area contributed by atoms with Crippen molar-refractivity contribution in [3.63, 3.8) is 0 Å². The Morgan fingerprint density at radius 1 is 1.57 bits per heavy atom. The van der Waals surface area contributed by atoms with Crippen LogP contribution in [0.15, 0.2) is 16.5 Å². The summed E-state index contributed by atoms with van der Waals surface area (Å²) in [6.45, 7) is 2.06. The monoisotopic (exact) mass is 296 g/mol. The lowest BCUT2D eigenvalue weighted by molar-refractivity contribution is -0.402. The van der Waals surface area contributed by atoms with Gasteiger partial charge in [0.1, 0.15) is 16.7 Å². The van der Waals surface area contributed by atoms with Crippen LogP contribution in [0.1, 0.15) is 38.0 Å². The van der Waals surface area contributed by atoms with Gasteiger partial charge in [-0.05, 0) is 25.8 Å². The Hall–Kier alpha value is -2.38. The summed E-state index contributed by atoms with van der Waals surface area (Å²) in [6, 6.07) is 1.74. The molecule has 1 aliphatic rings. The van der Waals surface area contributed by atoms with Gasteiger partial charge >= 0.3 is 11.9 Å². The van der Waals surface area contributed by atoms with Gasteiger partial charge in [0.25, 0.3) is 0 Å². The molecule has 0 bridgehead atoms. The van der Waals surface area contributed by atoms with E-state index in [9.17, 15) is 24.8 Å². The summed E-state index contributed by atoms with van der Waals surface area (Å²) in [5.41, 5.74) is 0. The number of furan rings is 1. The predicted octanol–water partition coefficient (Wildman–Crippen LogP) is 1.96. The maximum absolute atomic E-state index is 12.1. The third-order valence-electron chi connectivity index (χ3n) is 3.68. The van der Waals surface area contributed by atoms with Crippen molar-refractivity contribution in [3.8, 4) is 0 Å². The van der Waals surface area contributed by atoms with E-state index in [1.165, 1.54) is 17.0 Å². The molecule has 2 rings (SSSR count). The molecule has 1 aromatic heterocycles. The van der Waals surface area contributed by atoms with Gasteiger partial charge in [-0.25, -0.2) is 0 Å². The van der Waals surface area contributed by atoms with Crippen LogP contribution in [0.2, 0.25) is 0 Å². The van der Waals surface area contributed by atoms with E-state index in [2.05, 4.69) is 0 Å². The number of aliphatic carboxylic acids is 1. The van der Waals surface area contributed by atoms with Gasteiger partial charge in [-0.3, -0.25) is 19.7 Å². The van der Waals surface area contributed by atoms with E-state index >= 15 is 0 Å². The van der Waals surface area contributed by atoms with Crippen LogP contribution in [0.5, 0.6) is 0 Å². The normalized spacial score (nSPS) is 22.9. The van der Waals surface area contributed by atoms with Crippen LogP contribution in [0.4, 0.5) is 5.88 Å². The number of hydrogen-bond donors (Lipinski definition) is 1. The number of carboxylic acid groups (broad SMARTS) is 1. The predicted molar refractivity (Wildman–Crippen MR) is 70.5 cm³/mol. The first-order valence-corrected chi connectivity index (χ1v) is 6.72. The number of carboxylic acids is 1. The Labute approximate surface area is 120 Å². The molecule has 1 N–H and O–H groups in total. The summed E-state index contributed by atoms with van der Waals surface area (Å²) >= 11 is 0. The number of hydrogen-bond acceptors (Lipinski definition) is 5. The molecule has 1 fully saturated rings. The average molecular weight is 296 g/mol. The molecule has 0 spiro atoms. The molecule has 1 amide bonds. The second-order valence-corrected chi connectivity index (χ2v) is 4.89. The summed E-state index contributed by atoms with van der Waals surface area (Å²) in [5, 5.41) is 20.1. The number of carbonyl (C=O) groups is 2. The van der Waals surface area contributed by atoms with Gasteiger partial charge in [-0.2, -0.15) is 0 Å². The number of rotatable bonds is 4. The van der Waals surface area contributed by atoms with Crippen molar-refractivity contribution >= 4 is 17.8 Å². The number of amides is 1. The van der Waals surface area contributed by atoms with Crippen molar-refractivity contribution in [2.75, 3.05) is 6.54 Å². The Bertz CT molecular complexity index is 565. The molecular weight excluding hydrogens is 280 g/mol. The fourth-order valence-electron chi connectivity index (χ4n) is 2.73. The minimum atomic E-state index is -1.03. The lowest BCUT2D eigenvalue weighted by atomic mass is 9.93. The second-order valence-electron chi connectivity index (χ2n) is 4.89. The highest BCUT2D eigenvalue weighted by atomic mass is 16.6. The summed E-state index contributed by atoms with van der Waals surface area (Å²) in [5.74, 6) is -2.34. The lowest BCUT2D eigenvalue weighted by Gasteiger charge is -2.30. The molecule has 2 atom stereocenters. The molecule has 2 heterocycles. The summed E-state index contributed by atoms with van der Waals surface area (Å²) in [6.07, 6.45) is 1.08. The molecule has 1 aromatic rings. The molecule has 114 valence electrons. The van der Waals surface area contributed by atoms with Crippen LogP contribution in [-0.4, -0.2) is 33.4 Å². The zero-order valence-corrected chi connectivity index (χ0v) is 11.5. The summed E-state index contributed by atoms with van der Waals surface area (Å²) in [4.78, 5) is 35.0. The highest BCUT2D eigenvalue weighted by molar-refractivity contribution is 5.79. The number of likely N-dealkylation sites (tertiary alicyclic amines) is 1. The van der Waals surface area contributed by atoms with Crippen LogP contribution in [0, 0.1) is 16.0 Å². The van der Waals surface area contributed by atoms with Crippen LogP contribution >= 0.6 is 0 Å². The quantitative estimate of drug-likeness (QED) is 0.671. The van der Waals surface area contributed by atoms with Gasteiger partial charge in [0, 0.05) is 13.0 Å². The van der Waals surface area contributed by atoms with Gasteiger partial charge in [-0.15, -0.1) is 0 Å². The molecule has 0 saturated carbocycles. The molecule has 0 radical (unpaired) electrons. The van der Waals surface area contributed by atoms with Crippen LogP contribution in [0.25, 0.3) is 0 Å². The maximum atomic E-state index is 12.1. The maximum Gasteiger partial charge on any atom is 0.433 e. The van der Waals surface area contributed by atoms with Crippen LogP contribution in [-0.2, 0) is 9.59 Å². The third-order valence-corrected chi connectivity index (χ3v) is 3.68. The fraction of sp³-hybridized carbons (Fsp3) is 0.538. The highest BCUT2D eigenvalue weighted by Gasteiger charge is 2.40. The van der Waals surface area contributed by atoms with E-state index in [1.807, 2.05) is 0 Å². The average Bonchev–Trinajstić information content (AvgIpc) is 2.84. The van der Waals surface area contributed by atoms with Crippen molar-refractivity contribution < 1.29 is 24.0 Å². The van der Waals surface area contributed by atoms with E-state index in [0.717, 1.165) is 0 Å². The van der Waals surface area contributed by atoms with Gasteiger partial charge in [0.2, 0.25) is 5.91 Å². The summed E-state index contributed by atoms with van der Waals surface area (Å²) < 4.78 is 5.14. The van der Waals surface area contributed by atoms with E-state index in [4.69, 9.17) is 4.42 Å². The van der Waals surface area contributed by atoms with E-state index in [1.54, 1.807) is 6.92 Å². The molecule has 0 aromatic carbocycles. The zero-order valence-electron chi connectivity index (χ0n) is 11.5. The highest BCUT2D eigenvalue weighted by Crippen LogP contribution is 2.37.